The summed E-state index contributed by atoms with van der Waals surface area (Å²) in [4.78, 5) is 20.0. The monoisotopic (exact) mass is 206 g/mol. The van der Waals surface area contributed by atoms with Crippen LogP contribution in [0.5, 0.6) is 0 Å². The molecule has 82 valence electrons. The third kappa shape index (κ3) is 4.19. The highest BCUT2D eigenvalue weighted by atomic mass is 16.1. The second kappa shape index (κ2) is 5.59. The fourth-order valence-electron chi connectivity index (χ4n) is 1.43. The molecule has 1 rings (SSSR count). The van der Waals surface area contributed by atoms with Crippen LogP contribution in [-0.2, 0) is 17.6 Å². The van der Waals surface area contributed by atoms with E-state index in [1.165, 1.54) is 0 Å². The molecule has 0 aromatic carbocycles. The molecular formula is C12H18N2O. The minimum atomic E-state index is 0.221. The number of carbonyl (C=O) groups is 1. The van der Waals surface area contributed by atoms with Gasteiger partial charge in [0.1, 0.15) is 11.6 Å². The normalized spacial score (nSPS) is 10.7. The van der Waals surface area contributed by atoms with Crippen LogP contribution in [0.25, 0.3) is 0 Å². The fraction of sp³-hybridized carbons (Fsp3) is 0.583. The first-order valence-corrected chi connectivity index (χ1v) is 5.44. The topological polar surface area (TPSA) is 42.9 Å². The van der Waals surface area contributed by atoms with Gasteiger partial charge < -0.3 is 0 Å². The van der Waals surface area contributed by atoms with Crippen molar-refractivity contribution in [3.05, 3.63) is 23.8 Å². The summed E-state index contributed by atoms with van der Waals surface area (Å²) in [5.41, 5.74) is 0.998. The van der Waals surface area contributed by atoms with Gasteiger partial charge in [-0.15, -0.1) is 0 Å². The van der Waals surface area contributed by atoms with E-state index in [-0.39, 0.29) is 5.78 Å². The molecule has 0 bridgehead atoms. The molecule has 0 fully saturated rings. The van der Waals surface area contributed by atoms with Crippen molar-refractivity contribution in [1.29, 1.82) is 0 Å². The highest BCUT2D eigenvalue weighted by Crippen LogP contribution is 2.04. The summed E-state index contributed by atoms with van der Waals surface area (Å²) in [6, 6.07) is 1.89. The van der Waals surface area contributed by atoms with Gasteiger partial charge in [-0.25, -0.2) is 9.97 Å². The van der Waals surface area contributed by atoms with Gasteiger partial charge in [-0.3, -0.25) is 4.79 Å². The van der Waals surface area contributed by atoms with Crippen molar-refractivity contribution in [1.82, 2.24) is 9.97 Å². The lowest BCUT2D eigenvalue weighted by Gasteiger charge is -2.03. The number of hydrogen-bond donors (Lipinski definition) is 0. The van der Waals surface area contributed by atoms with Crippen LogP contribution in [0.1, 0.15) is 38.7 Å². The summed E-state index contributed by atoms with van der Waals surface area (Å²) in [5, 5.41) is 0. The van der Waals surface area contributed by atoms with E-state index in [1.807, 2.05) is 26.8 Å². The third-order valence-electron chi connectivity index (χ3n) is 2.12. The molecule has 0 radical (unpaired) electrons. The van der Waals surface area contributed by atoms with E-state index in [4.69, 9.17) is 0 Å². The van der Waals surface area contributed by atoms with E-state index < -0.39 is 0 Å². The first-order valence-electron chi connectivity index (χ1n) is 5.44. The molecule has 0 atom stereocenters. The van der Waals surface area contributed by atoms with Gasteiger partial charge in [-0.05, 0) is 18.4 Å². The molecule has 0 N–H and O–H groups in total. The Hall–Kier alpha value is -1.25. The molecule has 0 aliphatic heterocycles. The van der Waals surface area contributed by atoms with Crippen LogP contribution in [0.15, 0.2) is 12.3 Å². The van der Waals surface area contributed by atoms with Crippen LogP contribution in [0.4, 0.5) is 0 Å². The van der Waals surface area contributed by atoms with Crippen LogP contribution in [-0.4, -0.2) is 15.8 Å². The Morgan fingerprint density at radius 2 is 2.20 bits per heavy atom. The predicted octanol–water partition coefficient (Wildman–Crippen LogP) is 2.20. The van der Waals surface area contributed by atoms with Gasteiger partial charge in [-0.1, -0.05) is 20.8 Å². The van der Waals surface area contributed by atoms with Gasteiger partial charge in [0.05, 0.1) is 6.42 Å². The maximum atomic E-state index is 11.5. The molecule has 0 saturated carbocycles. The van der Waals surface area contributed by atoms with E-state index in [0.717, 1.165) is 12.1 Å². The zero-order valence-electron chi connectivity index (χ0n) is 9.66. The predicted molar refractivity (Wildman–Crippen MR) is 59.6 cm³/mol. The zero-order chi connectivity index (χ0) is 11.3. The minimum absolute atomic E-state index is 0.221. The molecule has 0 saturated heterocycles. The third-order valence-corrected chi connectivity index (χ3v) is 2.12. The maximum absolute atomic E-state index is 11.5. The molecule has 0 amide bonds. The van der Waals surface area contributed by atoms with Gasteiger partial charge in [0.2, 0.25) is 0 Å². The van der Waals surface area contributed by atoms with Gasteiger partial charge in [0.25, 0.3) is 0 Å². The molecule has 0 aliphatic rings. The van der Waals surface area contributed by atoms with Crippen molar-refractivity contribution in [2.45, 2.75) is 40.0 Å². The van der Waals surface area contributed by atoms with Crippen molar-refractivity contribution < 1.29 is 4.79 Å². The first-order chi connectivity index (χ1) is 7.11. The Balaban J connectivity index is 2.60. The summed E-state index contributed by atoms with van der Waals surface area (Å²) in [6.45, 7) is 6.13. The Kier molecular flexibility index (Phi) is 4.40. The van der Waals surface area contributed by atoms with Gasteiger partial charge in [0.15, 0.2) is 0 Å². The summed E-state index contributed by atoms with van der Waals surface area (Å²) in [6.07, 6.45) is 3.59. The molecular weight excluding hydrogens is 188 g/mol. The number of nitrogens with zero attached hydrogens (tertiary/aromatic N) is 2. The molecule has 1 heterocycles. The number of rotatable bonds is 5. The van der Waals surface area contributed by atoms with Crippen LogP contribution < -0.4 is 0 Å². The smallest absolute Gasteiger partial charge is 0.140 e. The lowest BCUT2D eigenvalue weighted by molar-refractivity contribution is -0.119. The van der Waals surface area contributed by atoms with Gasteiger partial charge in [0, 0.05) is 18.3 Å². The van der Waals surface area contributed by atoms with E-state index in [2.05, 4.69) is 9.97 Å². The SMILES string of the molecule is CCc1ccnc(CC(=O)CC(C)C)n1. The standard InChI is InChI=1S/C12H18N2O/c1-4-10-5-6-13-12(14-10)8-11(15)7-9(2)3/h5-6,9H,4,7-8H2,1-3H3. The Morgan fingerprint density at radius 3 is 2.80 bits per heavy atom. The van der Waals surface area contributed by atoms with Crippen molar-refractivity contribution in [3.63, 3.8) is 0 Å². The van der Waals surface area contributed by atoms with Crippen molar-refractivity contribution in [2.75, 3.05) is 0 Å². The second-order valence-electron chi connectivity index (χ2n) is 4.13. The molecule has 3 nitrogen and oxygen atoms in total. The number of aromatic nitrogens is 2. The number of aryl methyl sites for hydroxylation is 1. The number of ketones is 1. The molecule has 1 aromatic heterocycles. The summed E-state index contributed by atoms with van der Waals surface area (Å²) >= 11 is 0. The van der Waals surface area contributed by atoms with Crippen LogP contribution in [0.2, 0.25) is 0 Å². The first kappa shape index (κ1) is 11.8. The molecule has 0 spiro atoms. The summed E-state index contributed by atoms with van der Waals surface area (Å²) < 4.78 is 0. The fourth-order valence-corrected chi connectivity index (χ4v) is 1.43. The highest BCUT2D eigenvalue weighted by Gasteiger charge is 2.08. The summed E-state index contributed by atoms with van der Waals surface area (Å²) in [5.74, 6) is 1.28. The lowest BCUT2D eigenvalue weighted by atomic mass is 10.1. The molecule has 0 aliphatic carbocycles. The molecule has 15 heavy (non-hydrogen) atoms. The number of Topliss-reactive ketones (excluding diaryl/α,β-unsaturated/α-hetero) is 1. The number of hydrogen-bond acceptors (Lipinski definition) is 3. The van der Waals surface area contributed by atoms with Crippen LogP contribution >= 0.6 is 0 Å². The Labute approximate surface area is 91.0 Å². The average molecular weight is 206 g/mol. The Bertz CT molecular complexity index is 334. The highest BCUT2D eigenvalue weighted by molar-refractivity contribution is 5.80. The Morgan fingerprint density at radius 1 is 1.47 bits per heavy atom. The zero-order valence-corrected chi connectivity index (χ0v) is 9.66. The minimum Gasteiger partial charge on any atom is -0.299 e. The van der Waals surface area contributed by atoms with Crippen molar-refractivity contribution >= 4 is 5.78 Å². The number of carbonyl (C=O) groups excluding carboxylic acids is 1. The van der Waals surface area contributed by atoms with Crippen molar-refractivity contribution in [3.8, 4) is 0 Å². The second-order valence-corrected chi connectivity index (χ2v) is 4.13. The van der Waals surface area contributed by atoms with E-state index >= 15 is 0 Å². The maximum Gasteiger partial charge on any atom is 0.140 e. The largest absolute Gasteiger partial charge is 0.299 e. The average Bonchev–Trinajstić information content (AvgIpc) is 2.16. The van der Waals surface area contributed by atoms with Crippen LogP contribution in [0.3, 0.4) is 0 Å². The quantitative estimate of drug-likeness (QED) is 0.741. The van der Waals surface area contributed by atoms with E-state index in [1.54, 1.807) is 6.20 Å². The van der Waals surface area contributed by atoms with Gasteiger partial charge >= 0.3 is 0 Å². The molecule has 1 aromatic rings. The summed E-state index contributed by atoms with van der Waals surface area (Å²) in [7, 11) is 0. The van der Waals surface area contributed by atoms with E-state index in [9.17, 15) is 4.79 Å². The lowest BCUT2D eigenvalue weighted by Crippen LogP contribution is -2.09. The van der Waals surface area contributed by atoms with Gasteiger partial charge in [-0.2, -0.15) is 0 Å². The molecule has 0 unspecified atom stereocenters. The molecule has 3 heteroatoms. The van der Waals surface area contributed by atoms with Crippen molar-refractivity contribution in [2.24, 2.45) is 5.92 Å². The van der Waals surface area contributed by atoms with Crippen LogP contribution in [0, 0.1) is 5.92 Å². The van der Waals surface area contributed by atoms with E-state index in [0.29, 0.717) is 24.6 Å².